The van der Waals surface area contributed by atoms with E-state index in [1.165, 1.54) is 32.0 Å². The second kappa shape index (κ2) is 31.9. The molecule has 19 N–H and O–H groups in total. The summed E-state index contributed by atoms with van der Waals surface area (Å²) in [7, 11) is 0. The number of carbonyl (C=O) groups excluding carboxylic acids is 8. The van der Waals surface area contributed by atoms with Gasteiger partial charge in [-0.25, -0.2) is 14.8 Å². The number of carbonyl (C=O) groups is 11. The van der Waals surface area contributed by atoms with E-state index in [0.717, 1.165) is 6.92 Å². The highest BCUT2D eigenvalue weighted by Crippen LogP contribution is 2.10. The number of guanidine groups is 1. The smallest absolute Gasteiger partial charge is 0.326 e. The molecule has 2 aromatic heterocycles. The molecule has 30 heteroatoms. The van der Waals surface area contributed by atoms with Gasteiger partial charge < -0.3 is 85.0 Å². The molecule has 0 aliphatic heterocycles. The Bertz CT molecular complexity index is 2170. The number of rotatable bonds is 35. The normalized spacial score (nSPS) is 13.7. The lowest BCUT2D eigenvalue weighted by atomic mass is 10.0. The Labute approximate surface area is 412 Å². The predicted molar refractivity (Wildman–Crippen MR) is 251 cm³/mol. The lowest BCUT2D eigenvalue weighted by molar-refractivity contribution is -0.143. The Kier molecular flexibility index (Phi) is 26.5. The number of carboxylic acid groups (broad SMARTS) is 3. The van der Waals surface area contributed by atoms with E-state index < -0.39 is 114 Å². The molecule has 0 saturated heterocycles. The van der Waals surface area contributed by atoms with Gasteiger partial charge in [0.15, 0.2) is 5.96 Å². The second-order valence-corrected chi connectivity index (χ2v) is 16.4. The Morgan fingerprint density at radius 1 is 0.542 bits per heavy atom. The van der Waals surface area contributed by atoms with Crippen molar-refractivity contribution in [3.05, 3.63) is 36.4 Å². The van der Waals surface area contributed by atoms with Crippen molar-refractivity contribution in [3.8, 4) is 0 Å². The fourth-order valence-corrected chi connectivity index (χ4v) is 6.83. The van der Waals surface area contributed by atoms with Gasteiger partial charge in [0.2, 0.25) is 47.3 Å². The minimum Gasteiger partial charge on any atom is -0.481 e. The standard InChI is InChI=1S/C42H66N16O14/c1-22(59)48-12-6-4-8-27(36(66)57-32(17-34(63)64)40(70)56-29(14-24-18-46-20-50-24)37(67)54-28(41(71)72)9-3-5-11-43)53-39(69)31(16-33(61)62)58-38(68)30(15-25-19-47-21-51-25)55-35(65)26(52-23(2)60)10-7-13-49-42(44)45/h18-21,26-32H,3-17,43H2,1-2H3,(H,46,50)(H,47,51)(H,48,59)(H,52,60)(H,53,69)(H,54,67)(H,55,65)(H,56,70)(H,57,66)(H,58,68)(H,61,62)(H,63,64)(H,71,72)(H4,44,45,49). The largest absolute Gasteiger partial charge is 0.481 e. The molecule has 0 saturated carbocycles. The number of hydrogen-bond donors (Lipinski definition) is 16. The van der Waals surface area contributed by atoms with Crippen LogP contribution in [0.15, 0.2) is 30.0 Å². The van der Waals surface area contributed by atoms with E-state index in [9.17, 15) is 68.1 Å². The van der Waals surface area contributed by atoms with Crippen LogP contribution in [0.5, 0.6) is 0 Å². The average molecular weight is 1020 g/mol. The second-order valence-electron chi connectivity index (χ2n) is 16.4. The van der Waals surface area contributed by atoms with E-state index in [0.29, 0.717) is 24.2 Å². The lowest BCUT2D eigenvalue weighted by Crippen LogP contribution is -2.60. The van der Waals surface area contributed by atoms with Crippen LogP contribution in [-0.4, -0.2) is 168 Å². The zero-order valence-corrected chi connectivity index (χ0v) is 39.9. The number of aromatic amines is 2. The van der Waals surface area contributed by atoms with Crippen molar-refractivity contribution in [2.75, 3.05) is 19.6 Å². The van der Waals surface area contributed by atoms with Crippen molar-refractivity contribution < 1.29 is 68.1 Å². The van der Waals surface area contributed by atoms with Gasteiger partial charge in [0, 0.05) is 63.6 Å². The van der Waals surface area contributed by atoms with Gasteiger partial charge in [-0.1, -0.05) is 0 Å². The minimum atomic E-state index is -1.94. The molecule has 2 aromatic rings. The molecule has 0 aliphatic rings. The van der Waals surface area contributed by atoms with Crippen LogP contribution < -0.4 is 59.7 Å². The molecule has 30 nitrogen and oxygen atoms in total. The van der Waals surface area contributed by atoms with E-state index in [1.54, 1.807) is 0 Å². The molecule has 0 radical (unpaired) electrons. The average Bonchev–Trinajstić information content (AvgIpc) is 4.02. The molecular formula is C42H66N16O14. The highest BCUT2D eigenvalue weighted by Gasteiger charge is 2.36. The summed E-state index contributed by atoms with van der Waals surface area (Å²) in [5, 5.41) is 48.6. The number of amides is 8. The third kappa shape index (κ3) is 23.9. The number of unbranched alkanes of at least 4 members (excludes halogenated alkanes) is 2. The summed E-state index contributed by atoms with van der Waals surface area (Å²) in [6.45, 7) is 2.90. The maximum Gasteiger partial charge on any atom is 0.326 e. The van der Waals surface area contributed by atoms with E-state index in [-0.39, 0.29) is 82.9 Å². The van der Waals surface area contributed by atoms with Crippen molar-refractivity contribution in [3.63, 3.8) is 0 Å². The summed E-state index contributed by atoms with van der Waals surface area (Å²) in [5.74, 6) is -12.3. The molecule has 7 unspecified atom stereocenters. The van der Waals surface area contributed by atoms with Crippen LogP contribution in [0.25, 0.3) is 0 Å². The number of aliphatic carboxylic acids is 3. The summed E-state index contributed by atoms with van der Waals surface area (Å²) in [6, 6.07) is -11.2. The highest BCUT2D eigenvalue weighted by atomic mass is 16.4. The monoisotopic (exact) mass is 1020 g/mol. The third-order valence-corrected chi connectivity index (χ3v) is 10.4. The Hall–Kier alpha value is -8.18. The quantitative estimate of drug-likeness (QED) is 0.0174. The first-order chi connectivity index (χ1) is 34.1. The number of hydrogen-bond acceptors (Lipinski definition) is 15. The number of nitrogens with two attached hydrogens (primary N) is 3. The fourth-order valence-electron chi connectivity index (χ4n) is 6.83. The summed E-state index contributed by atoms with van der Waals surface area (Å²) in [4.78, 5) is 160. The molecule has 7 atom stereocenters. The molecular weight excluding hydrogens is 953 g/mol. The van der Waals surface area contributed by atoms with Gasteiger partial charge in [0.1, 0.15) is 42.3 Å². The van der Waals surface area contributed by atoms with Crippen LogP contribution in [0, 0.1) is 0 Å². The first-order valence-corrected chi connectivity index (χ1v) is 22.8. The first-order valence-electron chi connectivity index (χ1n) is 22.8. The summed E-state index contributed by atoms with van der Waals surface area (Å²) in [6.07, 6.45) is 3.53. The third-order valence-electron chi connectivity index (χ3n) is 10.4. The Balaban J connectivity index is 2.46. The van der Waals surface area contributed by atoms with Gasteiger partial charge in [0.05, 0.1) is 25.5 Å². The number of imidazole rings is 2. The van der Waals surface area contributed by atoms with Crippen molar-refractivity contribution in [1.29, 1.82) is 0 Å². The van der Waals surface area contributed by atoms with Gasteiger partial charge in [-0.15, -0.1) is 0 Å². The molecule has 2 heterocycles. The summed E-state index contributed by atoms with van der Waals surface area (Å²) >= 11 is 0. The number of nitrogens with one attached hydrogen (secondary N) is 10. The Morgan fingerprint density at radius 2 is 0.944 bits per heavy atom. The summed E-state index contributed by atoms with van der Waals surface area (Å²) in [5.41, 5.74) is 16.9. The SMILES string of the molecule is CC(=O)NCCCCC(NC(=O)C(CC(=O)O)NC(=O)C(Cc1cnc[nH]1)NC(=O)C(CCCN=C(N)N)NC(C)=O)C(=O)NC(CC(=O)O)C(=O)NC(Cc1cnc[nH]1)C(=O)NC(CCCCN)C(=O)O. The van der Waals surface area contributed by atoms with Gasteiger partial charge in [-0.2, -0.15) is 0 Å². The topological polar surface area (TPSA) is 492 Å². The van der Waals surface area contributed by atoms with Gasteiger partial charge in [-0.05, 0) is 57.9 Å². The van der Waals surface area contributed by atoms with Crippen LogP contribution in [0.3, 0.4) is 0 Å². The van der Waals surface area contributed by atoms with Crippen molar-refractivity contribution in [2.45, 2.75) is 133 Å². The van der Waals surface area contributed by atoms with Crippen LogP contribution in [0.2, 0.25) is 0 Å². The maximum absolute atomic E-state index is 14.1. The Morgan fingerprint density at radius 3 is 1.36 bits per heavy atom. The maximum atomic E-state index is 14.1. The molecule has 0 bridgehead atoms. The van der Waals surface area contributed by atoms with Crippen LogP contribution in [0.1, 0.15) is 89.4 Å². The highest BCUT2D eigenvalue weighted by molar-refractivity contribution is 5.99. The van der Waals surface area contributed by atoms with Crippen molar-refractivity contribution >= 4 is 71.1 Å². The minimum absolute atomic E-state index is 0.0120. The zero-order valence-electron chi connectivity index (χ0n) is 39.9. The van der Waals surface area contributed by atoms with Gasteiger partial charge >= 0.3 is 17.9 Å². The number of carboxylic acids is 3. The molecule has 0 aliphatic carbocycles. The van der Waals surface area contributed by atoms with E-state index in [2.05, 4.69) is 67.5 Å². The molecule has 0 spiro atoms. The first kappa shape index (κ1) is 59.9. The lowest BCUT2D eigenvalue weighted by Gasteiger charge is -2.27. The number of aliphatic imine (C=N–C) groups is 1. The molecule has 8 amide bonds. The summed E-state index contributed by atoms with van der Waals surface area (Å²) < 4.78 is 0. The number of nitrogens with zero attached hydrogens (tertiary/aromatic N) is 3. The number of H-pyrrole nitrogens is 2. The molecule has 72 heavy (non-hydrogen) atoms. The predicted octanol–water partition coefficient (Wildman–Crippen LogP) is -5.15. The van der Waals surface area contributed by atoms with Crippen LogP contribution in [-0.2, 0) is 65.6 Å². The van der Waals surface area contributed by atoms with Crippen molar-refractivity contribution in [1.82, 2.24) is 62.5 Å². The molecule has 2 rings (SSSR count). The molecule has 0 fully saturated rings. The molecule has 0 aromatic carbocycles. The molecule has 398 valence electrons. The zero-order chi connectivity index (χ0) is 53.8. The van der Waals surface area contributed by atoms with Gasteiger partial charge in [-0.3, -0.25) is 52.9 Å². The van der Waals surface area contributed by atoms with Gasteiger partial charge in [0.25, 0.3) is 0 Å². The van der Waals surface area contributed by atoms with E-state index in [4.69, 9.17) is 17.2 Å². The van der Waals surface area contributed by atoms with E-state index >= 15 is 0 Å². The fraction of sp³-hybridized carbons (Fsp3) is 0.571. The van der Waals surface area contributed by atoms with Crippen molar-refractivity contribution in [2.24, 2.45) is 22.2 Å². The number of aromatic nitrogens is 4. The van der Waals surface area contributed by atoms with E-state index in [1.807, 2.05) is 0 Å². The van der Waals surface area contributed by atoms with Crippen LogP contribution >= 0.6 is 0 Å². The van der Waals surface area contributed by atoms with Crippen LogP contribution in [0.4, 0.5) is 0 Å².